The van der Waals surface area contributed by atoms with E-state index >= 15 is 0 Å². The SMILES string of the molecule is O=Cc1cc(Br)c(OCc2ccc(Br)cc2)c(Br)c1. The van der Waals surface area contributed by atoms with Crippen LogP contribution >= 0.6 is 47.8 Å². The smallest absolute Gasteiger partial charge is 0.150 e. The zero-order valence-electron chi connectivity index (χ0n) is 9.70. The van der Waals surface area contributed by atoms with Crippen molar-refractivity contribution in [3.8, 4) is 5.75 Å². The highest BCUT2D eigenvalue weighted by Gasteiger charge is 2.09. The molecule has 0 bridgehead atoms. The van der Waals surface area contributed by atoms with Gasteiger partial charge in [-0.25, -0.2) is 0 Å². The van der Waals surface area contributed by atoms with Crippen LogP contribution in [0.4, 0.5) is 0 Å². The lowest BCUT2D eigenvalue weighted by molar-refractivity contribution is 0.112. The van der Waals surface area contributed by atoms with Gasteiger partial charge < -0.3 is 4.74 Å². The van der Waals surface area contributed by atoms with E-state index in [4.69, 9.17) is 4.74 Å². The number of halogens is 3. The predicted octanol–water partition coefficient (Wildman–Crippen LogP) is 5.37. The van der Waals surface area contributed by atoms with Crippen molar-refractivity contribution in [3.05, 3.63) is 60.9 Å². The summed E-state index contributed by atoms with van der Waals surface area (Å²) in [6.45, 7) is 0.463. The molecule has 0 fully saturated rings. The van der Waals surface area contributed by atoms with Crippen LogP contribution in [0.25, 0.3) is 0 Å². The van der Waals surface area contributed by atoms with Crippen LogP contribution < -0.4 is 4.74 Å². The third-order valence-electron chi connectivity index (χ3n) is 2.45. The quantitative estimate of drug-likeness (QED) is 0.588. The van der Waals surface area contributed by atoms with Crippen molar-refractivity contribution in [2.75, 3.05) is 0 Å². The Labute approximate surface area is 136 Å². The lowest BCUT2D eigenvalue weighted by Gasteiger charge is -2.11. The van der Waals surface area contributed by atoms with Crippen LogP contribution in [0.1, 0.15) is 15.9 Å². The zero-order chi connectivity index (χ0) is 13.8. The van der Waals surface area contributed by atoms with Crippen molar-refractivity contribution in [2.24, 2.45) is 0 Å². The van der Waals surface area contributed by atoms with E-state index in [1.54, 1.807) is 12.1 Å². The van der Waals surface area contributed by atoms with Gasteiger partial charge in [0.15, 0.2) is 0 Å². The molecule has 0 saturated heterocycles. The third kappa shape index (κ3) is 3.91. The molecule has 0 aliphatic heterocycles. The van der Waals surface area contributed by atoms with Gasteiger partial charge >= 0.3 is 0 Å². The summed E-state index contributed by atoms with van der Waals surface area (Å²) in [7, 11) is 0. The molecule has 0 spiro atoms. The molecule has 0 saturated carbocycles. The summed E-state index contributed by atoms with van der Waals surface area (Å²) < 4.78 is 8.31. The molecule has 0 radical (unpaired) electrons. The molecule has 0 amide bonds. The van der Waals surface area contributed by atoms with Crippen molar-refractivity contribution >= 4 is 54.1 Å². The first kappa shape index (κ1) is 14.8. The van der Waals surface area contributed by atoms with Gasteiger partial charge in [-0.05, 0) is 61.7 Å². The molecule has 98 valence electrons. The van der Waals surface area contributed by atoms with Gasteiger partial charge in [-0.3, -0.25) is 4.79 Å². The second-order valence-electron chi connectivity index (χ2n) is 3.85. The maximum Gasteiger partial charge on any atom is 0.150 e. The van der Waals surface area contributed by atoms with E-state index in [9.17, 15) is 4.79 Å². The van der Waals surface area contributed by atoms with Crippen molar-refractivity contribution in [3.63, 3.8) is 0 Å². The fourth-order valence-corrected chi connectivity index (χ4v) is 3.24. The summed E-state index contributed by atoms with van der Waals surface area (Å²) in [5, 5.41) is 0. The molecule has 0 N–H and O–H groups in total. The fourth-order valence-electron chi connectivity index (χ4n) is 1.52. The van der Waals surface area contributed by atoms with E-state index in [1.807, 2.05) is 24.3 Å². The van der Waals surface area contributed by atoms with E-state index < -0.39 is 0 Å². The Morgan fingerprint density at radius 1 is 1.00 bits per heavy atom. The monoisotopic (exact) mass is 446 g/mol. The number of ether oxygens (including phenoxy) is 1. The van der Waals surface area contributed by atoms with Gasteiger partial charge in [-0.1, -0.05) is 28.1 Å². The first-order valence-corrected chi connectivity index (χ1v) is 7.79. The van der Waals surface area contributed by atoms with Crippen LogP contribution in [0, 0.1) is 0 Å². The highest BCUT2D eigenvalue weighted by molar-refractivity contribution is 9.11. The number of hydrogen-bond acceptors (Lipinski definition) is 2. The van der Waals surface area contributed by atoms with Gasteiger partial charge in [-0.15, -0.1) is 0 Å². The molecule has 2 nitrogen and oxygen atoms in total. The van der Waals surface area contributed by atoms with Crippen LogP contribution in [0.3, 0.4) is 0 Å². The minimum Gasteiger partial charge on any atom is -0.487 e. The molecule has 19 heavy (non-hydrogen) atoms. The standard InChI is InChI=1S/C14H9Br3O2/c15-11-3-1-9(2-4-11)8-19-14-12(16)5-10(7-18)6-13(14)17/h1-7H,8H2. The van der Waals surface area contributed by atoms with Crippen LogP contribution in [0.2, 0.25) is 0 Å². The summed E-state index contributed by atoms with van der Waals surface area (Å²) in [5.74, 6) is 0.688. The Morgan fingerprint density at radius 2 is 1.58 bits per heavy atom. The van der Waals surface area contributed by atoms with Crippen molar-refractivity contribution < 1.29 is 9.53 Å². The van der Waals surface area contributed by atoms with Crippen LogP contribution in [0.15, 0.2) is 49.8 Å². The third-order valence-corrected chi connectivity index (χ3v) is 4.16. The Bertz CT molecular complexity index is 571. The molecule has 2 aromatic rings. The Balaban J connectivity index is 2.15. The van der Waals surface area contributed by atoms with E-state index in [-0.39, 0.29) is 0 Å². The molecular formula is C14H9Br3O2. The summed E-state index contributed by atoms with van der Waals surface area (Å²) in [6, 6.07) is 11.4. The number of carbonyl (C=O) groups is 1. The van der Waals surface area contributed by atoms with Crippen molar-refractivity contribution in [1.82, 2.24) is 0 Å². The number of hydrogen-bond donors (Lipinski definition) is 0. The minimum absolute atomic E-state index is 0.463. The normalized spacial score (nSPS) is 10.3. The molecule has 0 aliphatic carbocycles. The summed E-state index contributed by atoms with van der Waals surface area (Å²) in [6.07, 6.45) is 0.800. The Hall–Kier alpha value is -0.650. The van der Waals surface area contributed by atoms with E-state index in [1.165, 1.54) is 0 Å². The van der Waals surface area contributed by atoms with Crippen molar-refractivity contribution in [2.45, 2.75) is 6.61 Å². The topological polar surface area (TPSA) is 26.3 Å². The van der Waals surface area contributed by atoms with Gasteiger partial charge in [0.25, 0.3) is 0 Å². The van der Waals surface area contributed by atoms with E-state index in [2.05, 4.69) is 47.8 Å². The highest BCUT2D eigenvalue weighted by atomic mass is 79.9. The Kier molecular flexibility index (Phi) is 5.19. The summed E-state index contributed by atoms with van der Waals surface area (Å²) in [5.41, 5.74) is 1.66. The van der Waals surface area contributed by atoms with Crippen LogP contribution in [-0.4, -0.2) is 6.29 Å². The molecule has 0 aromatic heterocycles. The summed E-state index contributed by atoms with van der Waals surface area (Å²) in [4.78, 5) is 10.7. The molecule has 2 aromatic carbocycles. The molecule has 0 aliphatic rings. The predicted molar refractivity (Wildman–Crippen MR) is 85.7 cm³/mol. The van der Waals surface area contributed by atoms with Gasteiger partial charge in [0.1, 0.15) is 18.6 Å². The lowest BCUT2D eigenvalue weighted by Crippen LogP contribution is -1.97. The first-order chi connectivity index (χ1) is 9.10. The maximum absolute atomic E-state index is 10.7. The molecule has 0 atom stereocenters. The van der Waals surface area contributed by atoms with Crippen molar-refractivity contribution in [1.29, 1.82) is 0 Å². The molecule has 5 heteroatoms. The van der Waals surface area contributed by atoms with Gasteiger partial charge in [0, 0.05) is 10.0 Å². The number of aldehydes is 1. The fraction of sp³-hybridized carbons (Fsp3) is 0.0714. The minimum atomic E-state index is 0.463. The second-order valence-corrected chi connectivity index (χ2v) is 6.47. The second kappa shape index (κ2) is 6.68. The van der Waals surface area contributed by atoms with Gasteiger partial charge in [0.05, 0.1) is 8.95 Å². The van der Waals surface area contributed by atoms with Crippen LogP contribution in [0.5, 0.6) is 5.75 Å². The average molecular weight is 449 g/mol. The Morgan fingerprint density at radius 3 is 2.11 bits per heavy atom. The summed E-state index contributed by atoms with van der Waals surface area (Å²) >= 11 is 10.2. The highest BCUT2D eigenvalue weighted by Crippen LogP contribution is 2.35. The number of carbonyl (C=O) groups excluding carboxylic acids is 1. The molecule has 2 rings (SSSR count). The zero-order valence-corrected chi connectivity index (χ0v) is 14.5. The number of benzene rings is 2. The van der Waals surface area contributed by atoms with E-state index in [0.717, 1.165) is 25.3 Å². The van der Waals surface area contributed by atoms with Gasteiger partial charge in [-0.2, -0.15) is 0 Å². The molecule has 0 unspecified atom stereocenters. The number of rotatable bonds is 4. The lowest BCUT2D eigenvalue weighted by atomic mass is 10.2. The first-order valence-electron chi connectivity index (χ1n) is 5.41. The maximum atomic E-state index is 10.7. The van der Waals surface area contributed by atoms with Crippen LogP contribution in [-0.2, 0) is 6.61 Å². The van der Waals surface area contributed by atoms with Gasteiger partial charge in [0.2, 0.25) is 0 Å². The molecular weight excluding hydrogens is 440 g/mol. The molecule has 0 heterocycles. The average Bonchev–Trinajstić information content (AvgIpc) is 2.39. The largest absolute Gasteiger partial charge is 0.487 e. The van der Waals surface area contributed by atoms with E-state index in [0.29, 0.717) is 17.9 Å².